The minimum Gasteiger partial charge on any atom is -0.396 e. The van der Waals surface area contributed by atoms with Gasteiger partial charge in [0, 0.05) is 17.4 Å². The fraction of sp³-hybridized carbons (Fsp3) is 0.105. The van der Waals surface area contributed by atoms with Gasteiger partial charge in [-0.1, -0.05) is 29.3 Å². The molecular weight excluding hydrogens is 444 g/mol. The summed E-state index contributed by atoms with van der Waals surface area (Å²) in [5, 5.41) is 6.57. The number of carbonyl (C=O) groups excluding carboxylic acids is 1. The molecule has 0 saturated carbocycles. The molecule has 3 N–H and O–H groups in total. The molecule has 0 aliphatic rings. The van der Waals surface area contributed by atoms with E-state index in [0.717, 1.165) is 22.9 Å². The molecule has 0 unspecified atom stereocenters. The average Bonchev–Trinajstić information content (AvgIpc) is 2.65. The fourth-order valence-corrected chi connectivity index (χ4v) is 3.11. The van der Waals surface area contributed by atoms with E-state index in [1.807, 2.05) is 0 Å². The lowest BCUT2D eigenvalue weighted by Crippen LogP contribution is -2.27. The Kier molecular flexibility index (Phi) is 5.78. The van der Waals surface area contributed by atoms with Crippen molar-refractivity contribution >= 4 is 40.5 Å². The van der Waals surface area contributed by atoms with Crippen molar-refractivity contribution < 1.29 is 18.0 Å². The van der Waals surface area contributed by atoms with Crippen LogP contribution >= 0.6 is 23.2 Å². The zero-order valence-electron chi connectivity index (χ0n) is 15.2. The van der Waals surface area contributed by atoms with Crippen LogP contribution in [0.3, 0.4) is 0 Å². The summed E-state index contributed by atoms with van der Waals surface area (Å²) in [6.45, 7) is 1.48. The number of nitrogens with zero attached hydrogens (tertiary/aromatic N) is 2. The van der Waals surface area contributed by atoms with Crippen LogP contribution < -0.4 is 16.5 Å². The third-order valence-electron chi connectivity index (χ3n) is 4.08. The zero-order valence-corrected chi connectivity index (χ0v) is 16.7. The first kappa shape index (κ1) is 21.7. The van der Waals surface area contributed by atoms with Crippen molar-refractivity contribution in [2.75, 3.05) is 11.1 Å². The minimum absolute atomic E-state index is 0.0370. The normalized spacial score (nSPS) is 11.4. The van der Waals surface area contributed by atoms with Gasteiger partial charge in [-0.05, 0) is 37.3 Å². The molecular formula is C19H13Cl2F3N4O2. The Morgan fingerprint density at radius 3 is 2.37 bits per heavy atom. The molecule has 0 saturated heterocycles. The molecule has 0 radical (unpaired) electrons. The Morgan fingerprint density at radius 2 is 1.77 bits per heavy atom. The second kappa shape index (κ2) is 8.00. The van der Waals surface area contributed by atoms with Crippen molar-refractivity contribution in [3.63, 3.8) is 0 Å². The quantitative estimate of drug-likeness (QED) is 0.558. The van der Waals surface area contributed by atoms with Gasteiger partial charge in [0.25, 0.3) is 5.91 Å². The topological polar surface area (TPSA) is 90.0 Å². The number of nitrogens with two attached hydrogens (primary N) is 1. The number of benzene rings is 2. The highest BCUT2D eigenvalue weighted by Crippen LogP contribution is 2.32. The molecule has 156 valence electrons. The number of nitrogens with one attached hydrogen (secondary N) is 1. The largest absolute Gasteiger partial charge is 0.416 e. The predicted molar refractivity (Wildman–Crippen MR) is 108 cm³/mol. The van der Waals surface area contributed by atoms with Crippen LogP contribution in [0.4, 0.5) is 24.5 Å². The maximum absolute atomic E-state index is 13.0. The van der Waals surface area contributed by atoms with Gasteiger partial charge >= 0.3 is 6.18 Å². The molecule has 0 bridgehead atoms. The Morgan fingerprint density at radius 1 is 1.13 bits per heavy atom. The summed E-state index contributed by atoms with van der Waals surface area (Å²) in [4.78, 5) is 24.9. The maximum atomic E-state index is 13.0. The lowest BCUT2D eigenvalue weighted by Gasteiger charge is -2.14. The second-order valence-electron chi connectivity index (χ2n) is 6.27. The van der Waals surface area contributed by atoms with E-state index >= 15 is 0 Å². The molecule has 3 rings (SSSR count). The maximum Gasteiger partial charge on any atom is 0.416 e. The van der Waals surface area contributed by atoms with E-state index in [1.54, 1.807) is 0 Å². The summed E-state index contributed by atoms with van der Waals surface area (Å²) in [5.41, 5.74) is 4.08. The molecule has 0 atom stereocenters. The number of aromatic nitrogens is 2. The number of anilines is 2. The summed E-state index contributed by atoms with van der Waals surface area (Å²) in [6, 6.07) is 8.12. The molecule has 1 aromatic heterocycles. The third kappa shape index (κ3) is 4.42. The summed E-state index contributed by atoms with van der Waals surface area (Å²) in [5.74, 6) is -0.891. The highest BCUT2D eigenvalue weighted by molar-refractivity contribution is 6.39. The minimum atomic E-state index is -4.56. The Balaban J connectivity index is 2.02. The monoisotopic (exact) mass is 456 g/mol. The van der Waals surface area contributed by atoms with Gasteiger partial charge in [0.15, 0.2) is 5.69 Å². The smallest absolute Gasteiger partial charge is 0.396 e. The van der Waals surface area contributed by atoms with Crippen molar-refractivity contribution in [3.05, 3.63) is 79.7 Å². The molecule has 0 aliphatic heterocycles. The summed E-state index contributed by atoms with van der Waals surface area (Å²) in [7, 11) is 0. The summed E-state index contributed by atoms with van der Waals surface area (Å²) in [6.07, 6.45) is -4.56. The van der Waals surface area contributed by atoms with Gasteiger partial charge in [-0.25, -0.2) is 4.68 Å². The number of hydrogen-bond acceptors (Lipinski definition) is 4. The molecule has 3 aromatic rings. The van der Waals surface area contributed by atoms with E-state index in [0.29, 0.717) is 0 Å². The van der Waals surface area contributed by atoms with Gasteiger partial charge in [-0.15, -0.1) is 0 Å². The van der Waals surface area contributed by atoms with E-state index in [-0.39, 0.29) is 32.8 Å². The van der Waals surface area contributed by atoms with Crippen LogP contribution in [0.15, 0.2) is 47.3 Å². The molecule has 2 aromatic carbocycles. The number of alkyl halides is 3. The highest BCUT2D eigenvalue weighted by Gasteiger charge is 2.30. The van der Waals surface area contributed by atoms with Crippen LogP contribution in [0.25, 0.3) is 5.69 Å². The van der Waals surface area contributed by atoms with E-state index in [2.05, 4.69) is 10.4 Å². The number of hydrogen-bond donors (Lipinski definition) is 2. The van der Waals surface area contributed by atoms with Crippen molar-refractivity contribution in [1.29, 1.82) is 0 Å². The number of nitrogen functional groups attached to an aromatic ring is 1. The van der Waals surface area contributed by atoms with Gasteiger partial charge in [-0.3, -0.25) is 9.59 Å². The van der Waals surface area contributed by atoms with Gasteiger partial charge in [0.2, 0.25) is 5.43 Å². The van der Waals surface area contributed by atoms with E-state index in [4.69, 9.17) is 28.9 Å². The number of amides is 1. The molecule has 30 heavy (non-hydrogen) atoms. The molecule has 1 heterocycles. The zero-order chi connectivity index (χ0) is 22.2. The van der Waals surface area contributed by atoms with Gasteiger partial charge in [-0.2, -0.15) is 18.3 Å². The van der Waals surface area contributed by atoms with Gasteiger partial charge < -0.3 is 11.1 Å². The van der Waals surface area contributed by atoms with Crippen LogP contribution in [-0.2, 0) is 6.18 Å². The molecule has 6 nitrogen and oxygen atoms in total. The van der Waals surface area contributed by atoms with Crippen LogP contribution in [0.5, 0.6) is 0 Å². The molecule has 1 amide bonds. The predicted octanol–water partition coefficient (Wildman–Crippen LogP) is 4.70. The van der Waals surface area contributed by atoms with E-state index < -0.39 is 28.8 Å². The van der Waals surface area contributed by atoms with Crippen molar-refractivity contribution in [1.82, 2.24) is 9.78 Å². The molecule has 0 fully saturated rings. The summed E-state index contributed by atoms with van der Waals surface area (Å²) < 4.78 is 40.1. The first-order valence-corrected chi connectivity index (χ1v) is 9.07. The van der Waals surface area contributed by atoms with Gasteiger partial charge in [0.05, 0.1) is 27.0 Å². The van der Waals surface area contributed by atoms with Crippen molar-refractivity contribution in [2.45, 2.75) is 13.1 Å². The van der Waals surface area contributed by atoms with Crippen LogP contribution in [-0.4, -0.2) is 15.7 Å². The van der Waals surface area contributed by atoms with Crippen LogP contribution in [0.2, 0.25) is 10.0 Å². The number of aryl methyl sites for hydroxylation is 1. The number of rotatable bonds is 3. The SMILES string of the molecule is Cc1cc(=O)c(C(=O)Nc2cc(Cl)c(N)c(Cl)c2)nn1-c1cccc(C(F)(F)F)c1. The molecule has 0 spiro atoms. The standard InChI is InChI=1S/C19H13Cl2F3N4O2/c1-9-5-15(29)17(18(30)26-11-7-13(20)16(25)14(21)8-11)27-28(9)12-4-2-3-10(6-12)19(22,23)24/h2-8H,25H2,1H3,(H,26,30). The van der Waals surface area contributed by atoms with Crippen LogP contribution in [0, 0.1) is 6.92 Å². The first-order valence-electron chi connectivity index (χ1n) is 8.32. The molecule has 0 aliphatic carbocycles. The van der Waals surface area contributed by atoms with Gasteiger partial charge in [0.1, 0.15) is 0 Å². The summed E-state index contributed by atoms with van der Waals surface area (Å²) >= 11 is 11.8. The average molecular weight is 457 g/mol. The Bertz CT molecular complexity index is 1190. The number of halogens is 5. The number of carbonyl (C=O) groups is 1. The highest BCUT2D eigenvalue weighted by atomic mass is 35.5. The fourth-order valence-electron chi connectivity index (χ4n) is 2.63. The Hall–Kier alpha value is -3.04. The first-order chi connectivity index (χ1) is 14.0. The lowest BCUT2D eigenvalue weighted by molar-refractivity contribution is -0.137. The second-order valence-corrected chi connectivity index (χ2v) is 7.08. The molecule has 11 heteroatoms. The van der Waals surface area contributed by atoms with Crippen molar-refractivity contribution in [3.8, 4) is 5.69 Å². The third-order valence-corrected chi connectivity index (χ3v) is 4.70. The van der Waals surface area contributed by atoms with E-state index in [9.17, 15) is 22.8 Å². The van der Waals surface area contributed by atoms with Crippen LogP contribution in [0.1, 0.15) is 21.7 Å². The van der Waals surface area contributed by atoms with E-state index in [1.165, 1.54) is 31.2 Å². The Labute approximate surface area is 178 Å². The van der Waals surface area contributed by atoms with Crippen molar-refractivity contribution in [2.24, 2.45) is 0 Å². The lowest BCUT2D eigenvalue weighted by atomic mass is 10.2.